The third kappa shape index (κ3) is 1.94. The van der Waals surface area contributed by atoms with Crippen LogP contribution in [-0.2, 0) is 0 Å². The standard InChI is InChI=1S/C17H14N2O3/c1-10-12-7-15-16(22-9-21-15)8-13(12)19-17(18-10)11-5-3-4-6-14(11)20-2/h3-8H,9H2,1-2H3. The highest BCUT2D eigenvalue weighted by atomic mass is 16.7. The quantitative estimate of drug-likeness (QED) is 0.725. The van der Waals surface area contributed by atoms with Gasteiger partial charge in [0.2, 0.25) is 6.79 Å². The third-order valence-corrected chi connectivity index (χ3v) is 3.73. The van der Waals surface area contributed by atoms with E-state index in [9.17, 15) is 0 Å². The lowest BCUT2D eigenvalue weighted by atomic mass is 10.1. The van der Waals surface area contributed by atoms with Gasteiger partial charge in [-0.3, -0.25) is 0 Å². The molecule has 0 saturated carbocycles. The number of hydrogen-bond donors (Lipinski definition) is 0. The Bertz CT molecular complexity index is 877. The van der Waals surface area contributed by atoms with Gasteiger partial charge in [0.05, 0.1) is 18.2 Å². The van der Waals surface area contributed by atoms with Crippen LogP contribution in [0.5, 0.6) is 17.2 Å². The average Bonchev–Trinajstić information content (AvgIpc) is 3.00. The molecule has 1 aliphatic rings. The topological polar surface area (TPSA) is 53.5 Å². The van der Waals surface area contributed by atoms with Crippen LogP contribution in [0.15, 0.2) is 36.4 Å². The van der Waals surface area contributed by atoms with Gasteiger partial charge in [0.1, 0.15) is 5.75 Å². The Morgan fingerprint density at radius 1 is 1.05 bits per heavy atom. The van der Waals surface area contributed by atoms with Crippen molar-refractivity contribution in [1.29, 1.82) is 0 Å². The first-order valence-electron chi connectivity index (χ1n) is 6.97. The van der Waals surface area contributed by atoms with Crippen molar-refractivity contribution in [3.8, 4) is 28.6 Å². The van der Waals surface area contributed by atoms with Crippen molar-refractivity contribution in [2.45, 2.75) is 6.92 Å². The summed E-state index contributed by atoms with van der Waals surface area (Å²) in [7, 11) is 1.64. The van der Waals surface area contributed by atoms with Crippen LogP contribution in [0.4, 0.5) is 0 Å². The largest absolute Gasteiger partial charge is 0.496 e. The van der Waals surface area contributed by atoms with Crippen molar-refractivity contribution in [3.63, 3.8) is 0 Å². The molecule has 0 bridgehead atoms. The molecule has 1 aliphatic heterocycles. The highest BCUT2D eigenvalue weighted by Gasteiger charge is 2.17. The van der Waals surface area contributed by atoms with Gasteiger partial charge in [0, 0.05) is 17.1 Å². The number of aromatic nitrogens is 2. The molecule has 4 rings (SSSR count). The lowest BCUT2D eigenvalue weighted by Gasteiger charge is -2.10. The van der Waals surface area contributed by atoms with Crippen LogP contribution in [0.1, 0.15) is 5.69 Å². The Hall–Kier alpha value is -2.82. The monoisotopic (exact) mass is 294 g/mol. The normalized spacial score (nSPS) is 12.6. The van der Waals surface area contributed by atoms with E-state index in [1.165, 1.54) is 0 Å². The second kappa shape index (κ2) is 4.87. The molecule has 0 unspecified atom stereocenters. The SMILES string of the molecule is COc1ccccc1-c1nc(C)c2cc3c(cc2n1)OCO3. The van der Waals surface area contributed by atoms with Crippen LogP contribution in [-0.4, -0.2) is 23.9 Å². The lowest BCUT2D eigenvalue weighted by Crippen LogP contribution is -1.96. The summed E-state index contributed by atoms with van der Waals surface area (Å²) in [4.78, 5) is 9.28. The van der Waals surface area contributed by atoms with E-state index in [0.717, 1.165) is 39.4 Å². The third-order valence-electron chi connectivity index (χ3n) is 3.73. The Kier molecular flexibility index (Phi) is 2.85. The summed E-state index contributed by atoms with van der Waals surface area (Å²) in [6.07, 6.45) is 0. The van der Waals surface area contributed by atoms with Crippen LogP contribution in [0, 0.1) is 6.92 Å². The Balaban J connectivity index is 1.95. The molecule has 5 nitrogen and oxygen atoms in total. The highest BCUT2D eigenvalue weighted by molar-refractivity contribution is 5.86. The summed E-state index contributed by atoms with van der Waals surface area (Å²) in [5.41, 5.74) is 2.59. The van der Waals surface area contributed by atoms with Gasteiger partial charge in [-0.05, 0) is 25.1 Å². The molecule has 2 aromatic carbocycles. The van der Waals surface area contributed by atoms with Crippen molar-refractivity contribution < 1.29 is 14.2 Å². The summed E-state index contributed by atoms with van der Waals surface area (Å²) in [5, 5.41) is 0.961. The molecule has 2 heterocycles. The van der Waals surface area contributed by atoms with Gasteiger partial charge >= 0.3 is 0 Å². The van der Waals surface area contributed by atoms with E-state index in [0.29, 0.717) is 5.82 Å². The zero-order valence-electron chi connectivity index (χ0n) is 12.3. The second-order valence-electron chi connectivity index (χ2n) is 5.06. The number of rotatable bonds is 2. The maximum absolute atomic E-state index is 5.43. The number of nitrogens with zero attached hydrogens (tertiary/aromatic N) is 2. The minimum Gasteiger partial charge on any atom is -0.496 e. The van der Waals surface area contributed by atoms with Crippen molar-refractivity contribution in [2.24, 2.45) is 0 Å². The van der Waals surface area contributed by atoms with E-state index in [1.54, 1.807) is 7.11 Å². The van der Waals surface area contributed by atoms with Crippen LogP contribution in [0.3, 0.4) is 0 Å². The summed E-state index contributed by atoms with van der Waals surface area (Å²) in [5.74, 6) is 2.85. The fourth-order valence-electron chi connectivity index (χ4n) is 2.62. The number of para-hydroxylation sites is 1. The smallest absolute Gasteiger partial charge is 0.231 e. The Morgan fingerprint density at radius 2 is 1.82 bits per heavy atom. The Labute approximate surface area is 127 Å². The second-order valence-corrected chi connectivity index (χ2v) is 5.06. The van der Waals surface area contributed by atoms with Gasteiger partial charge in [-0.25, -0.2) is 9.97 Å². The molecule has 0 N–H and O–H groups in total. The molecule has 0 fully saturated rings. The first kappa shape index (κ1) is 12.9. The number of methoxy groups -OCH3 is 1. The molecule has 3 aromatic rings. The molecule has 0 aliphatic carbocycles. The molecular weight excluding hydrogens is 280 g/mol. The van der Waals surface area contributed by atoms with Crippen LogP contribution in [0.2, 0.25) is 0 Å². The molecule has 0 atom stereocenters. The van der Waals surface area contributed by atoms with Crippen LogP contribution >= 0.6 is 0 Å². The minimum atomic E-state index is 0.248. The number of aryl methyl sites for hydroxylation is 1. The van der Waals surface area contributed by atoms with Gasteiger partial charge in [-0.2, -0.15) is 0 Å². The van der Waals surface area contributed by atoms with Crippen LogP contribution < -0.4 is 14.2 Å². The van der Waals surface area contributed by atoms with E-state index in [4.69, 9.17) is 14.2 Å². The van der Waals surface area contributed by atoms with Crippen molar-refractivity contribution in [1.82, 2.24) is 9.97 Å². The van der Waals surface area contributed by atoms with E-state index in [2.05, 4.69) is 9.97 Å². The predicted octanol–water partition coefficient (Wildman–Crippen LogP) is 3.34. The fourth-order valence-corrected chi connectivity index (χ4v) is 2.62. The Morgan fingerprint density at radius 3 is 2.64 bits per heavy atom. The number of hydrogen-bond acceptors (Lipinski definition) is 5. The van der Waals surface area contributed by atoms with E-state index in [1.807, 2.05) is 43.3 Å². The van der Waals surface area contributed by atoms with Crippen molar-refractivity contribution >= 4 is 10.9 Å². The molecule has 22 heavy (non-hydrogen) atoms. The molecule has 0 amide bonds. The zero-order chi connectivity index (χ0) is 15.1. The van der Waals surface area contributed by atoms with E-state index in [-0.39, 0.29) is 6.79 Å². The predicted molar refractivity (Wildman–Crippen MR) is 82.4 cm³/mol. The van der Waals surface area contributed by atoms with Crippen LogP contribution in [0.25, 0.3) is 22.3 Å². The fraction of sp³-hybridized carbons (Fsp3) is 0.176. The lowest BCUT2D eigenvalue weighted by molar-refractivity contribution is 0.174. The first-order chi connectivity index (χ1) is 10.8. The molecule has 0 radical (unpaired) electrons. The highest BCUT2D eigenvalue weighted by Crippen LogP contribution is 2.37. The molecule has 5 heteroatoms. The van der Waals surface area contributed by atoms with E-state index >= 15 is 0 Å². The number of benzene rings is 2. The number of ether oxygens (including phenoxy) is 3. The molecule has 1 aromatic heterocycles. The molecular formula is C17H14N2O3. The van der Waals surface area contributed by atoms with Gasteiger partial charge in [-0.15, -0.1) is 0 Å². The van der Waals surface area contributed by atoms with E-state index < -0.39 is 0 Å². The van der Waals surface area contributed by atoms with Gasteiger partial charge in [-0.1, -0.05) is 12.1 Å². The molecule has 110 valence electrons. The summed E-state index contributed by atoms with van der Waals surface area (Å²) < 4.78 is 16.2. The van der Waals surface area contributed by atoms with Crippen molar-refractivity contribution in [3.05, 3.63) is 42.1 Å². The van der Waals surface area contributed by atoms with Gasteiger partial charge < -0.3 is 14.2 Å². The maximum atomic E-state index is 5.43. The summed E-state index contributed by atoms with van der Waals surface area (Å²) in [6.45, 7) is 2.21. The average molecular weight is 294 g/mol. The summed E-state index contributed by atoms with van der Waals surface area (Å²) in [6, 6.07) is 11.5. The van der Waals surface area contributed by atoms with Crippen molar-refractivity contribution in [2.75, 3.05) is 13.9 Å². The number of fused-ring (bicyclic) bond motifs is 2. The van der Waals surface area contributed by atoms with Gasteiger partial charge in [0.25, 0.3) is 0 Å². The summed E-state index contributed by atoms with van der Waals surface area (Å²) >= 11 is 0. The first-order valence-corrected chi connectivity index (χ1v) is 6.97. The van der Waals surface area contributed by atoms with Gasteiger partial charge in [0.15, 0.2) is 17.3 Å². The zero-order valence-corrected chi connectivity index (χ0v) is 12.3. The minimum absolute atomic E-state index is 0.248. The molecule has 0 spiro atoms. The molecule has 0 saturated heterocycles. The maximum Gasteiger partial charge on any atom is 0.231 e.